The van der Waals surface area contributed by atoms with Gasteiger partial charge in [-0.2, -0.15) is 0 Å². The molecule has 0 radical (unpaired) electrons. The van der Waals surface area contributed by atoms with Gasteiger partial charge in [-0.05, 0) is 66.4 Å². The lowest BCUT2D eigenvalue weighted by atomic mass is 9.95. The van der Waals surface area contributed by atoms with Crippen molar-refractivity contribution >= 4 is 5.97 Å². The van der Waals surface area contributed by atoms with Gasteiger partial charge in [-0.25, -0.2) is 4.79 Å². The second kappa shape index (κ2) is 9.34. The Hall–Kier alpha value is -3.18. The predicted molar refractivity (Wildman–Crippen MR) is 113 cm³/mol. The van der Waals surface area contributed by atoms with Crippen LogP contribution in [0.25, 0.3) is 22.4 Å². The summed E-state index contributed by atoms with van der Waals surface area (Å²) in [5.74, 6) is -0.147. The van der Waals surface area contributed by atoms with E-state index in [4.69, 9.17) is 14.5 Å². The van der Waals surface area contributed by atoms with Crippen LogP contribution < -0.4 is 4.74 Å². The van der Waals surface area contributed by atoms with Crippen LogP contribution in [0.15, 0.2) is 54.7 Å². The van der Waals surface area contributed by atoms with Crippen molar-refractivity contribution in [1.29, 1.82) is 0 Å². The molecular formula is C24H25NO4. The molecule has 1 heterocycles. The molecule has 0 aliphatic carbocycles. The van der Waals surface area contributed by atoms with Crippen molar-refractivity contribution in [1.82, 2.24) is 4.98 Å². The normalized spacial score (nSPS) is 10.7. The van der Waals surface area contributed by atoms with Crippen LogP contribution in [-0.4, -0.2) is 29.8 Å². The third-order valence-corrected chi connectivity index (χ3v) is 4.69. The summed E-state index contributed by atoms with van der Waals surface area (Å²) in [6, 6.07) is 15.2. The van der Waals surface area contributed by atoms with Crippen molar-refractivity contribution in [3.8, 4) is 28.1 Å². The van der Waals surface area contributed by atoms with Crippen molar-refractivity contribution in [2.24, 2.45) is 0 Å². The SMILES string of the molecule is CCCOCc1cnc(-c2ccc(OC)cc2)c(-c2ccc(C(=O)O)c(C)c2)c1. The molecule has 0 spiro atoms. The van der Waals surface area contributed by atoms with E-state index in [1.165, 1.54) is 0 Å². The Morgan fingerprint density at radius 2 is 1.79 bits per heavy atom. The topological polar surface area (TPSA) is 68.7 Å². The van der Waals surface area contributed by atoms with Crippen molar-refractivity contribution < 1.29 is 19.4 Å². The smallest absolute Gasteiger partial charge is 0.335 e. The molecule has 0 saturated carbocycles. The minimum absolute atomic E-state index is 0.301. The van der Waals surface area contributed by atoms with Crippen molar-refractivity contribution in [3.05, 3.63) is 71.4 Å². The van der Waals surface area contributed by atoms with Crippen LogP contribution in [-0.2, 0) is 11.3 Å². The number of nitrogens with zero attached hydrogens (tertiary/aromatic N) is 1. The highest BCUT2D eigenvalue weighted by molar-refractivity contribution is 5.91. The fourth-order valence-electron chi connectivity index (χ4n) is 3.19. The highest BCUT2D eigenvalue weighted by Gasteiger charge is 2.14. The van der Waals surface area contributed by atoms with Gasteiger partial charge in [-0.15, -0.1) is 0 Å². The van der Waals surface area contributed by atoms with Crippen LogP contribution in [0.2, 0.25) is 0 Å². The van der Waals surface area contributed by atoms with Crippen molar-refractivity contribution in [2.45, 2.75) is 26.9 Å². The molecule has 0 bridgehead atoms. The number of methoxy groups -OCH3 is 1. The highest BCUT2D eigenvalue weighted by atomic mass is 16.5. The van der Waals surface area contributed by atoms with E-state index in [-0.39, 0.29) is 0 Å². The van der Waals surface area contributed by atoms with Gasteiger partial charge in [0, 0.05) is 23.9 Å². The molecule has 0 saturated heterocycles. The molecule has 1 N–H and O–H groups in total. The minimum Gasteiger partial charge on any atom is -0.497 e. The van der Waals surface area contributed by atoms with Crippen LogP contribution in [0, 0.1) is 6.92 Å². The predicted octanol–water partition coefficient (Wildman–Crippen LogP) is 5.36. The molecule has 0 atom stereocenters. The zero-order valence-electron chi connectivity index (χ0n) is 16.9. The Labute approximate surface area is 171 Å². The van der Waals surface area contributed by atoms with Crippen molar-refractivity contribution in [3.63, 3.8) is 0 Å². The van der Waals surface area contributed by atoms with E-state index < -0.39 is 5.97 Å². The first kappa shape index (κ1) is 20.6. The van der Waals surface area contributed by atoms with Gasteiger partial charge in [0.15, 0.2) is 0 Å². The van der Waals surface area contributed by atoms with Gasteiger partial charge in [0.05, 0.1) is 25.0 Å². The van der Waals surface area contributed by atoms with E-state index in [1.54, 1.807) is 13.2 Å². The van der Waals surface area contributed by atoms with E-state index in [1.807, 2.05) is 49.5 Å². The van der Waals surface area contributed by atoms with Crippen LogP contribution >= 0.6 is 0 Å². The molecule has 5 heteroatoms. The maximum atomic E-state index is 11.4. The van der Waals surface area contributed by atoms with E-state index in [0.29, 0.717) is 24.3 Å². The first-order valence-electron chi connectivity index (χ1n) is 9.59. The van der Waals surface area contributed by atoms with Gasteiger partial charge in [0.2, 0.25) is 0 Å². The number of aromatic carboxylic acids is 1. The number of carboxylic acid groups (broad SMARTS) is 1. The van der Waals surface area contributed by atoms with Gasteiger partial charge >= 0.3 is 5.97 Å². The Kier molecular flexibility index (Phi) is 6.62. The Morgan fingerprint density at radius 3 is 2.41 bits per heavy atom. The number of carbonyl (C=O) groups is 1. The molecule has 150 valence electrons. The second-order valence-electron chi connectivity index (χ2n) is 6.86. The number of rotatable bonds is 8. The lowest BCUT2D eigenvalue weighted by molar-refractivity contribution is 0.0696. The number of aryl methyl sites for hydroxylation is 1. The monoisotopic (exact) mass is 391 g/mol. The lowest BCUT2D eigenvalue weighted by Gasteiger charge is -2.14. The highest BCUT2D eigenvalue weighted by Crippen LogP contribution is 2.33. The number of pyridine rings is 1. The number of ether oxygens (including phenoxy) is 2. The fraction of sp³-hybridized carbons (Fsp3) is 0.250. The number of hydrogen-bond donors (Lipinski definition) is 1. The maximum Gasteiger partial charge on any atom is 0.335 e. The minimum atomic E-state index is -0.927. The van der Waals surface area contributed by atoms with E-state index in [0.717, 1.165) is 40.1 Å². The number of hydrogen-bond acceptors (Lipinski definition) is 4. The van der Waals surface area contributed by atoms with Crippen molar-refractivity contribution in [2.75, 3.05) is 13.7 Å². The van der Waals surface area contributed by atoms with E-state index >= 15 is 0 Å². The van der Waals surface area contributed by atoms with Crippen LogP contribution in [0.3, 0.4) is 0 Å². The number of carboxylic acids is 1. The number of benzene rings is 2. The molecule has 1 aromatic heterocycles. The van der Waals surface area contributed by atoms with Crippen LogP contribution in [0.1, 0.15) is 34.8 Å². The zero-order valence-corrected chi connectivity index (χ0v) is 16.9. The molecule has 3 rings (SSSR count). The largest absolute Gasteiger partial charge is 0.497 e. The van der Waals surface area contributed by atoms with E-state index in [9.17, 15) is 9.90 Å². The van der Waals surface area contributed by atoms with Gasteiger partial charge in [-0.3, -0.25) is 4.98 Å². The standard InChI is InChI=1S/C24H25NO4/c1-4-11-29-15-17-13-22(19-7-10-21(24(26)27)16(2)12-19)23(25-14-17)18-5-8-20(28-3)9-6-18/h5-10,12-14H,4,11,15H2,1-3H3,(H,26,27). The lowest BCUT2D eigenvalue weighted by Crippen LogP contribution is -2.01. The molecule has 0 unspecified atom stereocenters. The fourth-order valence-corrected chi connectivity index (χ4v) is 3.19. The second-order valence-corrected chi connectivity index (χ2v) is 6.86. The van der Waals surface area contributed by atoms with Gasteiger partial charge < -0.3 is 14.6 Å². The maximum absolute atomic E-state index is 11.4. The third-order valence-electron chi connectivity index (χ3n) is 4.69. The molecule has 2 aromatic carbocycles. The Balaban J connectivity index is 2.08. The number of aromatic nitrogens is 1. The summed E-state index contributed by atoms with van der Waals surface area (Å²) in [5, 5.41) is 9.33. The summed E-state index contributed by atoms with van der Waals surface area (Å²) < 4.78 is 10.9. The van der Waals surface area contributed by atoms with Crippen LogP contribution in [0.5, 0.6) is 5.75 Å². The van der Waals surface area contributed by atoms with Gasteiger partial charge in [0.1, 0.15) is 5.75 Å². The Bertz CT molecular complexity index is 996. The molecule has 0 aliphatic heterocycles. The summed E-state index contributed by atoms with van der Waals surface area (Å²) >= 11 is 0. The zero-order chi connectivity index (χ0) is 20.8. The molecule has 0 aliphatic rings. The molecule has 0 amide bonds. The average molecular weight is 391 g/mol. The molecular weight excluding hydrogens is 366 g/mol. The molecule has 29 heavy (non-hydrogen) atoms. The molecule has 3 aromatic rings. The third kappa shape index (κ3) is 4.81. The summed E-state index contributed by atoms with van der Waals surface area (Å²) in [6.07, 6.45) is 2.79. The summed E-state index contributed by atoms with van der Waals surface area (Å²) in [4.78, 5) is 16.1. The Morgan fingerprint density at radius 1 is 1.07 bits per heavy atom. The van der Waals surface area contributed by atoms with Gasteiger partial charge in [0.25, 0.3) is 0 Å². The summed E-state index contributed by atoms with van der Waals surface area (Å²) in [6.45, 7) is 5.07. The molecule has 0 fully saturated rings. The van der Waals surface area contributed by atoms with E-state index in [2.05, 4.69) is 13.0 Å². The molecule has 5 nitrogen and oxygen atoms in total. The average Bonchev–Trinajstić information content (AvgIpc) is 2.73. The first-order valence-corrected chi connectivity index (χ1v) is 9.59. The first-order chi connectivity index (χ1) is 14.0. The van der Waals surface area contributed by atoms with Crippen LogP contribution in [0.4, 0.5) is 0 Å². The van der Waals surface area contributed by atoms with Gasteiger partial charge in [-0.1, -0.05) is 19.1 Å². The summed E-state index contributed by atoms with van der Waals surface area (Å²) in [7, 11) is 1.64. The quantitative estimate of drug-likeness (QED) is 0.524. The summed E-state index contributed by atoms with van der Waals surface area (Å²) in [5.41, 5.74) is 5.64.